The average Bonchev–Trinajstić information content (AvgIpc) is 3.50. The lowest BCUT2D eigenvalue weighted by molar-refractivity contribution is -0.227. The minimum atomic E-state index is -5.57. The molecule has 1 saturated heterocycles. The van der Waals surface area contributed by atoms with Gasteiger partial charge in [0.15, 0.2) is 0 Å². The maximum atomic E-state index is 13.9. The average molecular weight is 739 g/mol. The fraction of sp³-hybridized carbons (Fsp3) is 0.200. The molecule has 4 aromatic rings. The van der Waals surface area contributed by atoms with E-state index in [4.69, 9.17) is 11.6 Å². The highest BCUT2D eigenvalue weighted by atomic mass is 79.9. The number of H-pyrrole nitrogens is 1. The van der Waals surface area contributed by atoms with Crippen LogP contribution in [0.5, 0.6) is 0 Å². The van der Waals surface area contributed by atoms with E-state index in [2.05, 4.69) is 40.4 Å². The molecule has 4 N–H and O–H groups in total. The topological polar surface area (TPSA) is 175 Å². The SMILES string of the molecule is O=C1CC(c2ccc(C[C@@H](c3nc4ccccc4[nH]3)N(OC(=O)C(F)(F)F)S(=O)(=O)c3cnc(Cl)c(Br)c3)cc2)S(O)(O)N1. The molecule has 1 aliphatic rings. The Bertz CT molecular complexity index is 1830. The van der Waals surface area contributed by atoms with Crippen molar-refractivity contribution in [3.05, 3.63) is 87.4 Å². The Morgan fingerprint density at radius 2 is 1.89 bits per heavy atom. The molecule has 2 atom stereocenters. The molecule has 3 heterocycles. The lowest BCUT2D eigenvalue weighted by atomic mass is 10.0. The lowest BCUT2D eigenvalue weighted by Gasteiger charge is -2.33. The summed E-state index contributed by atoms with van der Waals surface area (Å²) >= 11 is 8.92. The van der Waals surface area contributed by atoms with E-state index >= 15 is 0 Å². The number of nitrogens with zero attached hydrogens (tertiary/aromatic N) is 3. The predicted octanol–water partition coefficient (Wildman–Crippen LogP) is 5.60. The van der Waals surface area contributed by atoms with Gasteiger partial charge in [0.2, 0.25) is 5.91 Å². The van der Waals surface area contributed by atoms with Crippen LogP contribution in [0.1, 0.15) is 34.7 Å². The van der Waals surface area contributed by atoms with Crippen LogP contribution in [0.2, 0.25) is 5.15 Å². The summed E-state index contributed by atoms with van der Waals surface area (Å²) in [6.45, 7) is 0. The number of rotatable bonds is 8. The first kappa shape index (κ1) is 32.1. The Hall–Kier alpha value is -3.26. The minimum Gasteiger partial charge on any atom is -0.344 e. The first-order valence-corrected chi connectivity index (χ1v) is 16.5. The van der Waals surface area contributed by atoms with Gasteiger partial charge in [0, 0.05) is 6.20 Å². The molecule has 1 amide bonds. The maximum absolute atomic E-state index is 13.9. The molecule has 0 radical (unpaired) electrons. The Morgan fingerprint density at radius 3 is 2.48 bits per heavy atom. The van der Waals surface area contributed by atoms with Gasteiger partial charge in [-0.05, 0) is 56.1 Å². The van der Waals surface area contributed by atoms with E-state index < -0.39 is 55.0 Å². The summed E-state index contributed by atoms with van der Waals surface area (Å²) in [5.74, 6) is -3.52. The number of pyridine rings is 1. The number of carbonyl (C=O) groups excluding carboxylic acids is 2. The van der Waals surface area contributed by atoms with Crippen LogP contribution in [0.15, 0.2) is 70.2 Å². The van der Waals surface area contributed by atoms with Crippen LogP contribution in [-0.4, -0.2) is 55.0 Å². The molecular formula is C25H20BrClF3N5O7S2. The van der Waals surface area contributed by atoms with Crippen molar-refractivity contribution >= 4 is 71.2 Å². The summed E-state index contributed by atoms with van der Waals surface area (Å²) in [7, 11) is -8.54. The van der Waals surface area contributed by atoms with Crippen LogP contribution in [0.25, 0.3) is 11.0 Å². The van der Waals surface area contributed by atoms with Gasteiger partial charge in [0.25, 0.3) is 10.0 Å². The minimum absolute atomic E-state index is 0.00377. The summed E-state index contributed by atoms with van der Waals surface area (Å²) in [6, 6.07) is 11.6. The number of amides is 1. The van der Waals surface area contributed by atoms with Crippen LogP contribution in [0.3, 0.4) is 0 Å². The number of benzene rings is 2. The van der Waals surface area contributed by atoms with Crippen molar-refractivity contribution in [3.8, 4) is 0 Å². The number of hydrogen-bond acceptors (Lipinski definition) is 9. The fourth-order valence-electron chi connectivity index (χ4n) is 4.43. The smallest absolute Gasteiger partial charge is 0.344 e. The molecule has 5 rings (SSSR count). The second kappa shape index (κ2) is 11.9. The number of aromatic nitrogens is 3. The highest BCUT2D eigenvalue weighted by molar-refractivity contribution is 9.10. The molecule has 2 aromatic heterocycles. The van der Waals surface area contributed by atoms with Crippen LogP contribution < -0.4 is 4.72 Å². The number of hydroxylamine groups is 1. The van der Waals surface area contributed by atoms with Gasteiger partial charge in [-0.25, -0.2) is 23.2 Å². The Morgan fingerprint density at radius 1 is 1.20 bits per heavy atom. The van der Waals surface area contributed by atoms with E-state index in [9.17, 15) is 40.3 Å². The normalized spacial score (nSPS) is 18.3. The van der Waals surface area contributed by atoms with Gasteiger partial charge in [-0.3, -0.25) is 18.6 Å². The lowest BCUT2D eigenvalue weighted by Crippen LogP contribution is -2.42. The fourth-order valence-corrected chi connectivity index (χ4v) is 7.85. The highest BCUT2D eigenvalue weighted by Crippen LogP contribution is 2.56. The van der Waals surface area contributed by atoms with Crippen LogP contribution in [0.4, 0.5) is 13.2 Å². The molecule has 1 fully saturated rings. The summed E-state index contributed by atoms with van der Waals surface area (Å²) in [6.07, 6.45) is -5.35. The maximum Gasteiger partial charge on any atom is 0.492 e. The van der Waals surface area contributed by atoms with Crippen LogP contribution in [0, 0.1) is 0 Å². The summed E-state index contributed by atoms with van der Waals surface area (Å²) in [5.41, 5.74) is 1.47. The molecule has 0 bridgehead atoms. The van der Waals surface area contributed by atoms with Crippen molar-refractivity contribution in [2.24, 2.45) is 0 Å². The first-order chi connectivity index (χ1) is 20.6. The number of aromatic amines is 1. The third kappa shape index (κ3) is 6.56. The Kier molecular flexibility index (Phi) is 8.71. The largest absolute Gasteiger partial charge is 0.492 e. The molecule has 234 valence electrons. The molecule has 2 aromatic carbocycles. The Balaban J connectivity index is 1.61. The van der Waals surface area contributed by atoms with E-state index in [0.29, 0.717) is 22.2 Å². The second-order valence-electron chi connectivity index (χ2n) is 9.49. The molecule has 19 heteroatoms. The van der Waals surface area contributed by atoms with Gasteiger partial charge >= 0.3 is 12.1 Å². The number of para-hydroxylation sites is 2. The van der Waals surface area contributed by atoms with Gasteiger partial charge in [0.05, 0.1) is 21.9 Å². The van der Waals surface area contributed by atoms with Gasteiger partial charge in [0.1, 0.15) is 27.2 Å². The predicted molar refractivity (Wildman–Crippen MR) is 155 cm³/mol. The molecule has 0 saturated carbocycles. The van der Waals surface area contributed by atoms with Crippen molar-refractivity contribution in [1.82, 2.24) is 24.1 Å². The molecule has 0 spiro atoms. The second-order valence-corrected chi connectivity index (χ2v) is 14.4. The highest BCUT2D eigenvalue weighted by Gasteiger charge is 2.47. The third-order valence-electron chi connectivity index (χ3n) is 6.50. The number of fused-ring (bicyclic) bond motifs is 1. The first-order valence-electron chi connectivity index (χ1n) is 12.3. The number of carbonyl (C=O) groups is 2. The zero-order chi connectivity index (χ0) is 32.0. The summed E-state index contributed by atoms with van der Waals surface area (Å²) in [4.78, 5) is 38.7. The zero-order valence-electron chi connectivity index (χ0n) is 21.8. The summed E-state index contributed by atoms with van der Waals surface area (Å²) < 4.78 is 90.5. The number of sulfonamides is 1. The van der Waals surface area contributed by atoms with Crippen LogP contribution >= 0.6 is 38.3 Å². The van der Waals surface area contributed by atoms with Crippen molar-refractivity contribution in [3.63, 3.8) is 0 Å². The van der Waals surface area contributed by atoms with E-state index in [1.165, 1.54) is 24.3 Å². The van der Waals surface area contributed by atoms with E-state index in [1.807, 2.05) is 0 Å². The number of imidazole rings is 1. The molecule has 1 unspecified atom stereocenters. The van der Waals surface area contributed by atoms with Crippen LogP contribution in [-0.2, 0) is 30.9 Å². The molecule has 44 heavy (non-hydrogen) atoms. The van der Waals surface area contributed by atoms with E-state index in [1.54, 1.807) is 24.3 Å². The number of halogens is 5. The van der Waals surface area contributed by atoms with Gasteiger partial charge in [-0.15, -0.1) is 10.8 Å². The van der Waals surface area contributed by atoms with E-state index in [0.717, 1.165) is 12.3 Å². The number of alkyl halides is 3. The van der Waals surface area contributed by atoms with Crippen molar-refractivity contribution in [2.45, 2.75) is 35.2 Å². The Labute approximate surface area is 262 Å². The number of hydrogen-bond donors (Lipinski definition) is 4. The monoisotopic (exact) mass is 737 g/mol. The summed E-state index contributed by atoms with van der Waals surface area (Å²) in [5, 5.41) is -1.08. The van der Waals surface area contributed by atoms with Crippen molar-refractivity contribution in [2.75, 3.05) is 0 Å². The van der Waals surface area contributed by atoms with Gasteiger partial charge < -0.3 is 9.82 Å². The number of nitrogens with one attached hydrogen (secondary N) is 2. The van der Waals surface area contributed by atoms with Gasteiger partial charge in [-0.1, -0.05) is 48.0 Å². The zero-order valence-corrected chi connectivity index (χ0v) is 25.8. The quantitative estimate of drug-likeness (QED) is 0.133. The van der Waals surface area contributed by atoms with Crippen molar-refractivity contribution < 1.29 is 45.1 Å². The molecular weight excluding hydrogens is 719 g/mol. The third-order valence-corrected chi connectivity index (χ3v) is 11.0. The van der Waals surface area contributed by atoms with Crippen molar-refractivity contribution in [1.29, 1.82) is 0 Å². The van der Waals surface area contributed by atoms with E-state index in [-0.39, 0.29) is 32.8 Å². The molecule has 12 nitrogen and oxygen atoms in total. The molecule has 0 aliphatic carbocycles. The standard InChI is InChI=1S/C25H20BrClF3N5O7S2/c26-16-10-15(12-31-22(16)27)44(40,41)35(42-24(37)25(28,29)30)19(23-32-17-3-1-2-4-18(17)33-23)9-13-5-7-14(8-6-13)20-11-21(36)34-43(20,38)39/h1-8,10,12,19-20,38-39H,9,11H2,(H,32,33)(H,34,36)/t19-,20?/m0/s1. The van der Waals surface area contributed by atoms with Gasteiger partial charge in [-0.2, -0.15) is 13.2 Å². The molecule has 1 aliphatic heterocycles.